The van der Waals surface area contributed by atoms with Crippen molar-refractivity contribution in [2.45, 2.75) is 95.2 Å². The minimum Gasteiger partial charge on any atom is -0.494 e. The zero-order chi connectivity index (χ0) is 95.3. The molecule has 5 aliphatic heterocycles. The molecule has 12 aromatic rings. The van der Waals surface area contributed by atoms with Crippen molar-refractivity contribution in [3.05, 3.63) is 158 Å². The summed E-state index contributed by atoms with van der Waals surface area (Å²) in [5.74, 6) is 5.73. The van der Waals surface area contributed by atoms with Gasteiger partial charge in [-0.3, -0.25) is 39.7 Å². The molecule has 11 heterocycles. The van der Waals surface area contributed by atoms with E-state index in [0.29, 0.717) is 161 Å². The molecule has 135 heavy (non-hydrogen) atoms. The summed E-state index contributed by atoms with van der Waals surface area (Å²) in [5, 5.41) is 22.7. The third kappa shape index (κ3) is 23.4. The van der Waals surface area contributed by atoms with E-state index in [-0.39, 0.29) is 0 Å². The van der Waals surface area contributed by atoms with Crippen molar-refractivity contribution in [3.8, 4) is 17.2 Å². The van der Waals surface area contributed by atoms with Crippen LogP contribution >= 0.6 is 80.8 Å². The van der Waals surface area contributed by atoms with E-state index in [0.717, 1.165) is 146 Å². The number of methoxy groups -OCH3 is 3. The fourth-order valence-electron chi connectivity index (χ4n) is 18.7. The minimum atomic E-state index is -2.74. The van der Waals surface area contributed by atoms with Crippen LogP contribution < -0.4 is 76.7 Å². The van der Waals surface area contributed by atoms with Gasteiger partial charge in [0.05, 0.1) is 112 Å². The van der Waals surface area contributed by atoms with Gasteiger partial charge in [-0.25, -0.2) is 15.0 Å². The topological polar surface area (TPSA) is 332 Å². The van der Waals surface area contributed by atoms with Crippen LogP contribution in [-0.4, -0.2) is 284 Å². The zero-order valence-corrected chi connectivity index (χ0v) is 87.5. The summed E-state index contributed by atoms with van der Waals surface area (Å²) >= 11 is 17.6. The molecular weight excluding hydrogens is 1980 g/mol. The fourth-order valence-corrected chi connectivity index (χ4v) is 24.1. The maximum absolute atomic E-state index is 13.4. The Morgan fingerprint density at radius 3 is 1.09 bits per heavy atom. The Labute approximate surface area is 820 Å². The summed E-state index contributed by atoms with van der Waals surface area (Å²) in [6.45, 7) is 30.1. The predicted molar refractivity (Wildman–Crippen MR) is 562 cm³/mol. The van der Waals surface area contributed by atoms with Crippen LogP contribution in [0.25, 0.3) is 33.1 Å². The van der Waals surface area contributed by atoms with E-state index in [1.807, 2.05) is 48.5 Å². The number of hydrogen-bond donors (Lipinski definition) is 6. The molecule has 0 amide bonds. The molecule has 6 aliphatic rings. The molecular formula is C96H121Br3ClN26O6P3. The van der Waals surface area contributed by atoms with Crippen LogP contribution in [0, 0.1) is 0 Å². The molecule has 6 aromatic heterocycles. The number of piperidine rings is 3. The monoisotopic (exact) mass is 2100 g/mol. The van der Waals surface area contributed by atoms with Crippen molar-refractivity contribution in [1.29, 1.82) is 0 Å². The van der Waals surface area contributed by atoms with Crippen LogP contribution in [0.4, 0.5) is 86.5 Å². The number of benzene rings is 6. The number of hydrogen-bond acceptors (Lipinski definition) is 32. The van der Waals surface area contributed by atoms with Gasteiger partial charge in [0.1, 0.15) is 72.7 Å². The summed E-state index contributed by atoms with van der Waals surface area (Å²) in [5.41, 5.74) is 14.2. The van der Waals surface area contributed by atoms with Crippen molar-refractivity contribution in [2.24, 2.45) is 0 Å². The SMILES string of the molecule is COc1cc(N2CCC(N(C)C)CC2)c(C2CC2)cc1Nc1ncc(Br)c(Nc2ccc3nccnc3c2P(C)(C)=O)n1.COc1cc(N2CCC(N3CCN(C)CC3)CC2)c(C(C)C)cc1Nc1ncc(Br)c(Nc2ccc3nccnc3c2P(C)(C)=O)n1.COc1cc(N2CCC(N3CCN(C)CC3)CC2)c(Cl)cc1Nc1ncc(Br)c(Nc2ccc3nccnc3c2P(C)(C)=O)n1. The zero-order valence-electron chi connectivity index (χ0n) is 79.3. The van der Waals surface area contributed by atoms with Crippen LogP contribution in [-0.2, 0) is 13.7 Å². The van der Waals surface area contributed by atoms with Crippen LogP contribution in [0.2, 0.25) is 5.02 Å². The van der Waals surface area contributed by atoms with Gasteiger partial charge >= 0.3 is 0 Å². The van der Waals surface area contributed by atoms with Gasteiger partial charge in [0.25, 0.3) is 0 Å². The Balaban J connectivity index is 0.000000147. The van der Waals surface area contributed by atoms with Crippen molar-refractivity contribution >= 4 is 216 Å². The summed E-state index contributed by atoms with van der Waals surface area (Å²) in [4.78, 5) is 74.4. The molecule has 0 radical (unpaired) electrons. The van der Waals surface area contributed by atoms with Gasteiger partial charge in [-0.2, -0.15) is 15.0 Å². The minimum absolute atomic E-state index is 0.308. The fraction of sp³-hybridized carbons (Fsp3) is 0.438. The first kappa shape index (κ1) is 98.4. The molecule has 714 valence electrons. The van der Waals surface area contributed by atoms with E-state index in [4.69, 9.17) is 40.8 Å². The van der Waals surface area contributed by atoms with Crippen LogP contribution in [0.1, 0.15) is 88.2 Å². The Kier molecular flexibility index (Phi) is 31.2. The lowest BCUT2D eigenvalue weighted by Gasteiger charge is -2.43. The molecule has 1 aliphatic carbocycles. The number of nitrogens with zero attached hydrogens (tertiary/aromatic N) is 20. The highest BCUT2D eigenvalue weighted by Crippen LogP contribution is 2.51. The van der Waals surface area contributed by atoms with Gasteiger partial charge in [-0.1, -0.05) is 25.4 Å². The summed E-state index contributed by atoms with van der Waals surface area (Å²) < 4.78 is 59.8. The van der Waals surface area contributed by atoms with Crippen LogP contribution in [0.15, 0.2) is 142 Å². The highest BCUT2D eigenvalue weighted by atomic mass is 79.9. The van der Waals surface area contributed by atoms with Gasteiger partial charge < -0.3 is 89.2 Å². The second kappa shape index (κ2) is 42.8. The number of likely N-dealkylation sites (N-methyl/N-ethyl adjacent to an activating group) is 2. The molecule has 18 rings (SSSR count). The van der Waals surface area contributed by atoms with Crippen LogP contribution in [0.3, 0.4) is 0 Å². The van der Waals surface area contributed by atoms with E-state index in [2.05, 4.69) is 230 Å². The van der Waals surface area contributed by atoms with Gasteiger partial charge in [0.2, 0.25) is 17.8 Å². The van der Waals surface area contributed by atoms with Crippen molar-refractivity contribution in [1.82, 2.24) is 84.3 Å². The Bertz CT molecular complexity index is 6440. The third-order valence-corrected chi connectivity index (χ3v) is 32.7. The number of fused-ring (bicyclic) bond motifs is 3. The number of piperazine rings is 2. The molecule has 6 fully saturated rings. The van der Waals surface area contributed by atoms with Gasteiger partial charge in [-0.05, 0) is 245 Å². The number of rotatable bonds is 26. The molecule has 1 saturated carbocycles. The first-order valence-corrected chi connectivity index (χ1v) is 56.5. The largest absolute Gasteiger partial charge is 0.494 e. The van der Waals surface area contributed by atoms with E-state index in [9.17, 15) is 13.7 Å². The standard InChI is InChI=1S/C34H45BrN9O2P.C31H38BrClN9O2P.C31H38BrN8O2P/c1-22(2)24-19-28(30(46-4)20-29(24)44-13-9-23(10-14-44)43-17-15-42(3)16-18-43)40-34-38-21-25(35)33(41-34)39-27-8-7-26-31(37-12-11-36-26)32(27)47(5,6)45;1-40-13-15-41(16-14-40)20-7-11-42(12-8-20)26-18-27(44-2)25(17-22(26)33)38-31-36-19-21(32)30(39-31)37-24-6-5-23-28(35-10-9-34-23)29(24)45(3,4)43;1-39(2)20-10-14-40(15-11-20)26-17-27(42-3)25(16-21(26)19-6-7-19)37-31-35-18-22(32)30(38-31)36-24-9-8-23-28(34-13-12-33-23)29(24)43(4,5)41/h7-8,11-12,19-23H,9-10,13-18H2,1-6H3,(H2,38,39,40,41);5-6,9-10,17-20H,7-8,11-16H2,1-4H3,(H2,36,37,38,39);8-9,12-13,16-20H,6-7,10-11,14-15H2,1-5H3,(H2,35,36,37,38). The highest BCUT2D eigenvalue weighted by molar-refractivity contribution is 9.11. The highest BCUT2D eigenvalue weighted by Gasteiger charge is 2.36. The molecule has 0 spiro atoms. The summed E-state index contributed by atoms with van der Waals surface area (Å²) in [7, 11) is 5.59. The number of ether oxygens (including phenoxy) is 3. The Hall–Kier alpha value is -9.60. The normalized spacial score (nSPS) is 16.7. The second-order valence-electron chi connectivity index (χ2n) is 37.1. The van der Waals surface area contributed by atoms with Crippen molar-refractivity contribution in [2.75, 3.05) is 228 Å². The molecule has 0 bridgehead atoms. The smallest absolute Gasteiger partial charge is 0.229 e. The lowest BCUT2D eigenvalue weighted by molar-refractivity contribution is 0.0982. The molecule has 6 aromatic carbocycles. The van der Waals surface area contributed by atoms with Crippen LogP contribution in [0.5, 0.6) is 17.2 Å². The van der Waals surface area contributed by atoms with E-state index < -0.39 is 21.4 Å². The van der Waals surface area contributed by atoms with E-state index in [1.165, 1.54) is 48.2 Å². The van der Waals surface area contributed by atoms with Crippen molar-refractivity contribution < 1.29 is 27.9 Å². The molecule has 5 saturated heterocycles. The maximum atomic E-state index is 13.4. The van der Waals surface area contributed by atoms with Gasteiger partial charge in [0, 0.05) is 195 Å². The molecule has 32 nitrogen and oxygen atoms in total. The average molecular weight is 2100 g/mol. The number of halogens is 4. The molecule has 39 heteroatoms. The second-order valence-corrected chi connectivity index (χ2v) is 49.5. The molecule has 0 unspecified atom stereocenters. The average Bonchev–Trinajstić information content (AvgIpc) is 1.35. The lowest BCUT2D eigenvalue weighted by atomic mass is 9.96. The number of nitrogens with one attached hydrogen (secondary N) is 6. The molecule has 0 atom stereocenters. The number of aromatic nitrogens is 12. The quantitative estimate of drug-likeness (QED) is 0.0274. The first-order valence-electron chi connectivity index (χ1n) is 45.9. The Morgan fingerprint density at radius 2 is 0.733 bits per heavy atom. The summed E-state index contributed by atoms with van der Waals surface area (Å²) in [6.07, 6.45) is 24.1. The predicted octanol–water partition coefficient (Wildman–Crippen LogP) is 18.4. The lowest BCUT2D eigenvalue weighted by Crippen LogP contribution is -2.52. The number of anilines is 15. The maximum Gasteiger partial charge on any atom is 0.229 e. The third-order valence-electron chi connectivity index (χ3n) is 26.0. The van der Waals surface area contributed by atoms with Crippen molar-refractivity contribution in [3.63, 3.8) is 0 Å². The molecule has 6 N–H and O–H groups in total. The summed E-state index contributed by atoms with van der Waals surface area (Å²) in [6, 6.07) is 25.7. The first-order chi connectivity index (χ1) is 64.7. The van der Waals surface area contributed by atoms with Gasteiger partial charge in [-0.15, -0.1) is 0 Å². The van der Waals surface area contributed by atoms with Gasteiger partial charge in [0.15, 0.2) is 0 Å². The van der Waals surface area contributed by atoms with E-state index in [1.54, 1.807) is 117 Å². The van der Waals surface area contributed by atoms with E-state index >= 15 is 0 Å². The Morgan fingerprint density at radius 1 is 0.400 bits per heavy atom.